The van der Waals surface area contributed by atoms with Gasteiger partial charge in [0.1, 0.15) is 5.75 Å². The minimum Gasteiger partial charge on any atom is -0.491 e. The maximum atomic E-state index is 12.1. The first-order valence-corrected chi connectivity index (χ1v) is 7.33. The molecule has 0 spiro atoms. The molecule has 4 heteroatoms. The molecule has 2 rings (SSSR count). The summed E-state index contributed by atoms with van der Waals surface area (Å²) in [5.74, 6) is 2.13. The predicted octanol–water partition coefficient (Wildman–Crippen LogP) is 2.54. The van der Waals surface area contributed by atoms with E-state index >= 15 is 0 Å². The van der Waals surface area contributed by atoms with Gasteiger partial charge < -0.3 is 15.4 Å². The summed E-state index contributed by atoms with van der Waals surface area (Å²) in [5.41, 5.74) is 6.40. The number of amides is 1. The van der Waals surface area contributed by atoms with Crippen molar-refractivity contribution in [3.63, 3.8) is 0 Å². The Balaban J connectivity index is 1.75. The molecule has 110 valence electrons. The second kappa shape index (κ2) is 6.64. The number of nitrogens with two attached hydrogens (primary N) is 1. The van der Waals surface area contributed by atoms with E-state index in [1.807, 2.05) is 23.1 Å². The van der Waals surface area contributed by atoms with E-state index in [1.165, 1.54) is 0 Å². The van der Waals surface area contributed by atoms with Crippen molar-refractivity contribution in [2.24, 2.45) is 11.8 Å². The van der Waals surface area contributed by atoms with Crippen LogP contribution in [0.15, 0.2) is 24.3 Å². The zero-order valence-electron chi connectivity index (χ0n) is 12.3. The SMILES string of the molecule is CC(C)C1CCN(C(=O)CCOc2ccccc2N)C1. The lowest BCUT2D eigenvalue weighted by atomic mass is 9.95. The van der Waals surface area contributed by atoms with Crippen LogP contribution in [0.2, 0.25) is 0 Å². The molecule has 1 fully saturated rings. The lowest BCUT2D eigenvalue weighted by Crippen LogP contribution is -2.30. The van der Waals surface area contributed by atoms with Crippen molar-refractivity contribution in [3.05, 3.63) is 24.3 Å². The Morgan fingerprint density at radius 1 is 1.45 bits per heavy atom. The minimum atomic E-state index is 0.183. The Kier molecular flexibility index (Phi) is 4.88. The van der Waals surface area contributed by atoms with Crippen LogP contribution in [0, 0.1) is 11.8 Å². The van der Waals surface area contributed by atoms with E-state index in [0.717, 1.165) is 19.5 Å². The molecule has 1 atom stereocenters. The fraction of sp³-hybridized carbons (Fsp3) is 0.562. The average Bonchev–Trinajstić information content (AvgIpc) is 2.91. The van der Waals surface area contributed by atoms with Crippen LogP contribution in [0.25, 0.3) is 0 Å². The van der Waals surface area contributed by atoms with Gasteiger partial charge in [-0.15, -0.1) is 0 Å². The molecule has 4 nitrogen and oxygen atoms in total. The largest absolute Gasteiger partial charge is 0.491 e. The third-order valence-electron chi connectivity index (χ3n) is 4.01. The van der Waals surface area contributed by atoms with E-state index in [-0.39, 0.29) is 5.91 Å². The lowest BCUT2D eigenvalue weighted by Gasteiger charge is -2.18. The number of nitrogens with zero attached hydrogens (tertiary/aromatic N) is 1. The van der Waals surface area contributed by atoms with Gasteiger partial charge in [-0.25, -0.2) is 0 Å². The van der Waals surface area contributed by atoms with Crippen LogP contribution in [0.1, 0.15) is 26.7 Å². The number of para-hydroxylation sites is 2. The van der Waals surface area contributed by atoms with Crippen molar-refractivity contribution < 1.29 is 9.53 Å². The summed E-state index contributed by atoms with van der Waals surface area (Å²) in [4.78, 5) is 14.1. The summed E-state index contributed by atoms with van der Waals surface area (Å²) in [6.07, 6.45) is 1.54. The van der Waals surface area contributed by atoms with Gasteiger partial charge in [-0.3, -0.25) is 4.79 Å². The number of likely N-dealkylation sites (tertiary alicyclic amines) is 1. The number of nitrogen functional groups attached to an aromatic ring is 1. The van der Waals surface area contributed by atoms with Gasteiger partial charge in [-0.2, -0.15) is 0 Å². The van der Waals surface area contributed by atoms with Crippen LogP contribution in [0.3, 0.4) is 0 Å². The Morgan fingerprint density at radius 2 is 2.20 bits per heavy atom. The molecule has 1 aromatic carbocycles. The molecule has 1 aromatic rings. The molecule has 1 amide bonds. The molecule has 1 heterocycles. The lowest BCUT2D eigenvalue weighted by molar-refractivity contribution is -0.130. The van der Waals surface area contributed by atoms with E-state index in [1.54, 1.807) is 6.07 Å². The first-order chi connectivity index (χ1) is 9.58. The fourth-order valence-electron chi connectivity index (χ4n) is 2.58. The third-order valence-corrected chi connectivity index (χ3v) is 4.01. The summed E-state index contributed by atoms with van der Waals surface area (Å²) in [7, 11) is 0. The summed E-state index contributed by atoms with van der Waals surface area (Å²) >= 11 is 0. The number of ether oxygens (including phenoxy) is 1. The highest BCUT2D eigenvalue weighted by Gasteiger charge is 2.27. The van der Waals surface area contributed by atoms with Gasteiger partial charge in [0.25, 0.3) is 0 Å². The summed E-state index contributed by atoms with van der Waals surface area (Å²) < 4.78 is 5.57. The minimum absolute atomic E-state index is 0.183. The van der Waals surface area contributed by atoms with Gasteiger partial charge in [0, 0.05) is 13.1 Å². The molecular weight excluding hydrogens is 252 g/mol. The Bertz CT molecular complexity index is 460. The average molecular weight is 276 g/mol. The monoisotopic (exact) mass is 276 g/mol. The van der Waals surface area contributed by atoms with Crippen LogP contribution in [-0.4, -0.2) is 30.5 Å². The number of hydrogen-bond donors (Lipinski definition) is 1. The van der Waals surface area contributed by atoms with Crippen molar-refractivity contribution in [3.8, 4) is 5.75 Å². The van der Waals surface area contributed by atoms with Gasteiger partial charge in [-0.1, -0.05) is 26.0 Å². The summed E-state index contributed by atoms with van der Waals surface area (Å²) in [5, 5.41) is 0. The molecule has 1 aliphatic rings. The first kappa shape index (κ1) is 14.7. The van der Waals surface area contributed by atoms with Crippen LogP contribution >= 0.6 is 0 Å². The van der Waals surface area contributed by atoms with Crippen LogP contribution in [0.4, 0.5) is 5.69 Å². The van der Waals surface area contributed by atoms with E-state index in [9.17, 15) is 4.79 Å². The second-order valence-corrected chi connectivity index (χ2v) is 5.77. The maximum absolute atomic E-state index is 12.1. The molecule has 1 saturated heterocycles. The molecule has 0 radical (unpaired) electrons. The third kappa shape index (κ3) is 3.65. The van der Waals surface area contributed by atoms with Crippen LogP contribution in [-0.2, 0) is 4.79 Å². The van der Waals surface area contributed by atoms with Crippen molar-refractivity contribution in [1.29, 1.82) is 0 Å². The number of carbonyl (C=O) groups excluding carboxylic acids is 1. The van der Waals surface area contributed by atoms with Gasteiger partial charge in [0.2, 0.25) is 5.91 Å². The highest BCUT2D eigenvalue weighted by atomic mass is 16.5. The highest BCUT2D eigenvalue weighted by Crippen LogP contribution is 2.24. The quantitative estimate of drug-likeness (QED) is 0.841. The van der Waals surface area contributed by atoms with E-state index in [0.29, 0.717) is 36.3 Å². The number of carbonyl (C=O) groups is 1. The molecule has 1 unspecified atom stereocenters. The molecule has 2 N–H and O–H groups in total. The molecule has 1 aliphatic heterocycles. The number of benzene rings is 1. The second-order valence-electron chi connectivity index (χ2n) is 5.77. The smallest absolute Gasteiger partial charge is 0.226 e. The van der Waals surface area contributed by atoms with Crippen molar-refractivity contribution in [2.75, 3.05) is 25.4 Å². The molecular formula is C16H24N2O2. The first-order valence-electron chi connectivity index (χ1n) is 7.33. The van der Waals surface area contributed by atoms with Crippen LogP contribution in [0.5, 0.6) is 5.75 Å². The van der Waals surface area contributed by atoms with Crippen molar-refractivity contribution in [1.82, 2.24) is 4.90 Å². The normalized spacial score (nSPS) is 18.6. The predicted molar refractivity (Wildman–Crippen MR) is 80.5 cm³/mol. The molecule has 0 aromatic heterocycles. The van der Waals surface area contributed by atoms with E-state index < -0.39 is 0 Å². The number of rotatable bonds is 5. The topological polar surface area (TPSA) is 55.6 Å². The van der Waals surface area contributed by atoms with Gasteiger partial charge in [-0.05, 0) is 30.4 Å². The molecule has 0 saturated carbocycles. The van der Waals surface area contributed by atoms with Gasteiger partial charge in [0.05, 0.1) is 18.7 Å². The summed E-state index contributed by atoms with van der Waals surface area (Å²) in [6.45, 7) is 6.61. The number of hydrogen-bond acceptors (Lipinski definition) is 3. The number of anilines is 1. The van der Waals surface area contributed by atoms with Crippen molar-refractivity contribution in [2.45, 2.75) is 26.7 Å². The highest BCUT2D eigenvalue weighted by molar-refractivity contribution is 5.76. The standard InChI is InChI=1S/C16H24N2O2/c1-12(2)13-7-9-18(11-13)16(19)8-10-20-15-6-4-3-5-14(15)17/h3-6,12-13H,7-11,17H2,1-2H3. The maximum Gasteiger partial charge on any atom is 0.226 e. The molecule has 20 heavy (non-hydrogen) atoms. The van der Waals surface area contributed by atoms with E-state index in [2.05, 4.69) is 13.8 Å². The molecule has 0 bridgehead atoms. The molecule has 0 aliphatic carbocycles. The Morgan fingerprint density at radius 3 is 2.85 bits per heavy atom. The van der Waals surface area contributed by atoms with Crippen molar-refractivity contribution >= 4 is 11.6 Å². The van der Waals surface area contributed by atoms with Gasteiger partial charge >= 0.3 is 0 Å². The zero-order chi connectivity index (χ0) is 14.5. The van der Waals surface area contributed by atoms with Gasteiger partial charge in [0.15, 0.2) is 0 Å². The van der Waals surface area contributed by atoms with Crippen LogP contribution < -0.4 is 10.5 Å². The Hall–Kier alpha value is -1.71. The Labute approximate surface area is 120 Å². The zero-order valence-corrected chi connectivity index (χ0v) is 12.3. The fourth-order valence-corrected chi connectivity index (χ4v) is 2.58. The summed E-state index contributed by atoms with van der Waals surface area (Å²) in [6, 6.07) is 7.36. The van der Waals surface area contributed by atoms with E-state index in [4.69, 9.17) is 10.5 Å².